The number of sulfonamides is 1. The predicted octanol–water partition coefficient (Wildman–Crippen LogP) is 0.280. The van der Waals surface area contributed by atoms with Crippen molar-refractivity contribution in [3.05, 3.63) is 47.3 Å². The van der Waals surface area contributed by atoms with Crippen LogP contribution in [0.1, 0.15) is 21.8 Å². The summed E-state index contributed by atoms with van der Waals surface area (Å²) in [6.07, 6.45) is 0. The monoisotopic (exact) mass is 380 g/mol. The lowest BCUT2D eigenvalue weighted by molar-refractivity contribution is -0.120. The largest absolute Gasteiger partial charge is 0.359 e. The fraction of sp³-hybridized carbons (Fsp3) is 0.312. The summed E-state index contributed by atoms with van der Waals surface area (Å²) < 4.78 is 30.2. The molecule has 0 atom stereocenters. The summed E-state index contributed by atoms with van der Waals surface area (Å²) in [5.41, 5.74) is 0.849. The number of benzene rings is 1. The highest BCUT2D eigenvalue weighted by molar-refractivity contribution is 7.89. The molecule has 10 heteroatoms. The molecule has 0 unspecified atom stereocenters. The molecule has 0 radical (unpaired) electrons. The topological polar surface area (TPSA) is 122 Å². The number of nitrogens with one attached hydrogen (secondary N) is 2. The minimum Gasteiger partial charge on any atom is -0.359 e. The highest BCUT2D eigenvalue weighted by Crippen LogP contribution is 2.14. The molecule has 26 heavy (non-hydrogen) atoms. The first-order chi connectivity index (χ1) is 12.2. The summed E-state index contributed by atoms with van der Waals surface area (Å²) >= 11 is 0. The van der Waals surface area contributed by atoms with Crippen LogP contribution >= 0.6 is 0 Å². The fourth-order valence-electron chi connectivity index (χ4n) is 2.02. The molecule has 0 spiro atoms. The van der Waals surface area contributed by atoms with Gasteiger partial charge in [0.05, 0.1) is 23.7 Å². The lowest BCUT2D eigenvalue weighted by atomic mass is 10.2. The Morgan fingerprint density at radius 1 is 1.19 bits per heavy atom. The van der Waals surface area contributed by atoms with Crippen molar-refractivity contribution in [1.29, 1.82) is 0 Å². The molecular formula is C16H20N4O5S. The van der Waals surface area contributed by atoms with Gasteiger partial charge in [-0.2, -0.15) is 0 Å². The highest BCUT2D eigenvalue weighted by Gasteiger charge is 2.19. The van der Waals surface area contributed by atoms with E-state index in [0.717, 1.165) is 4.31 Å². The normalized spacial score (nSPS) is 11.4. The molecule has 0 bridgehead atoms. The number of aryl methyl sites for hydroxylation is 1. The summed E-state index contributed by atoms with van der Waals surface area (Å²) in [6.45, 7) is 1.67. The molecule has 1 aromatic heterocycles. The van der Waals surface area contributed by atoms with Crippen LogP contribution in [0.5, 0.6) is 0 Å². The van der Waals surface area contributed by atoms with Gasteiger partial charge in [-0.05, 0) is 25.1 Å². The smallest absolute Gasteiger partial charge is 0.251 e. The molecule has 0 aliphatic heterocycles. The molecule has 140 valence electrons. The van der Waals surface area contributed by atoms with Gasteiger partial charge in [0.25, 0.3) is 5.91 Å². The van der Waals surface area contributed by atoms with Crippen molar-refractivity contribution in [3.8, 4) is 0 Å². The van der Waals surface area contributed by atoms with Gasteiger partial charge in [0.1, 0.15) is 0 Å². The van der Waals surface area contributed by atoms with Crippen molar-refractivity contribution < 1.29 is 22.5 Å². The van der Waals surface area contributed by atoms with Gasteiger partial charge in [-0.15, -0.1) is 0 Å². The lowest BCUT2D eigenvalue weighted by Gasteiger charge is -2.12. The number of hydrogen-bond acceptors (Lipinski definition) is 6. The van der Waals surface area contributed by atoms with Gasteiger partial charge in [0, 0.05) is 25.7 Å². The van der Waals surface area contributed by atoms with Crippen LogP contribution in [0.15, 0.2) is 39.8 Å². The van der Waals surface area contributed by atoms with Crippen LogP contribution in [-0.2, 0) is 21.4 Å². The first-order valence-corrected chi connectivity index (χ1v) is 9.14. The van der Waals surface area contributed by atoms with E-state index in [0.29, 0.717) is 11.5 Å². The van der Waals surface area contributed by atoms with Crippen LogP contribution in [0.2, 0.25) is 0 Å². The van der Waals surface area contributed by atoms with E-state index in [1.807, 2.05) is 0 Å². The number of carbonyl (C=O) groups is 2. The van der Waals surface area contributed by atoms with Crippen LogP contribution in [0.3, 0.4) is 0 Å². The summed E-state index contributed by atoms with van der Waals surface area (Å²) in [4.78, 5) is 23.9. The Bertz CT molecular complexity index is 905. The molecule has 2 rings (SSSR count). The Morgan fingerprint density at radius 3 is 2.54 bits per heavy atom. The number of amides is 2. The highest BCUT2D eigenvalue weighted by atomic mass is 32.2. The van der Waals surface area contributed by atoms with Crippen molar-refractivity contribution >= 4 is 21.8 Å². The third-order valence-corrected chi connectivity index (χ3v) is 5.23. The molecule has 2 amide bonds. The van der Waals surface area contributed by atoms with E-state index in [1.54, 1.807) is 13.0 Å². The Balaban J connectivity index is 1.92. The van der Waals surface area contributed by atoms with Crippen molar-refractivity contribution in [3.63, 3.8) is 0 Å². The number of hydrogen-bond donors (Lipinski definition) is 2. The standard InChI is InChI=1S/C16H20N4O5S/c1-11-7-13(25-19-11)9-17-15(21)10-18-16(22)12-5-4-6-14(8-12)26(23,24)20(2)3/h4-8H,9-10H2,1-3H3,(H,17,21)(H,18,22). The molecule has 1 heterocycles. The van der Waals surface area contributed by atoms with Gasteiger partial charge < -0.3 is 15.2 Å². The quantitative estimate of drug-likeness (QED) is 0.711. The average Bonchev–Trinajstić information content (AvgIpc) is 3.03. The van der Waals surface area contributed by atoms with Crippen molar-refractivity contribution in [2.45, 2.75) is 18.4 Å². The number of nitrogens with zero attached hydrogens (tertiary/aromatic N) is 2. The molecule has 1 aromatic carbocycles. The maximum absolute atomic E-state index is 12.1. The van der Waals surface area contributed by atoms with Crippen LogP contribution in [0, 0.1) is 6.92 Å². The van der Waals surface area contributed by atoms with Crippen LogP contribution < -0.4 is 10.6 Å². The first kappa shape index (κ1) is 19.6. The van der Waals surface area contributed by atoms with Crippen molar-refractivity contribution in [1.82, 2.24) is 20.1 Å². The number of carbonyl (C=O) groups excluding carboxylic acids is 2. The van der Waals surface area contributed by atoms with E-state index in [2.05, 4.69) is 15.8 Å². The van der Waals surface area contributed by atoms with Gasteiger partial charge >= 0.3 is 0 Å². The molecule has 0 saturated heterocycles. The van der Waals surface area contributed by atoms with Crippen LogP contribution in [0.4, 0.5) is 0 Å². The lowest BCUT2D eigenvalue weighted by Crippen LogP contribution is -2.36. The third-order valence-electron chi connectivity index (χ3n) is 3.42. The van der Waals surface area contributed by atoms with Gasteiger partial charge in [0.2, 0.25) is 15.9 Å². The number of rotatable bonds is 7. The van der Waals surface area contributed by atoms with E-state index in [4.69, 9.17) is 4.52 Å². The number of aromatic nitrogens is 1. The van der Waals surface area contributed by atoms with E-state index in [-0.39, 0.29) is 23.5 Å². The zero-order valence-corrected chi connectivity index (χ0v) is 15.5. The van der Waals surface area contributed by atoms with E-state index in [1.165, 1.54) is 38.4 Å². The maximum Gasteiger partial charge on any atom is 0.251 e. The summed E-state index contributed by atoms with van der Waals surface area (Å²) in [5, 5.41) is 8.72. The second kappa shape index (κ2) is 8.11. The SMILES string of the molecule is Cc1cc(CNC(=O)CNC(=O)c2cccc(S(=O)(=O)N(C)C)c2)on1. The van der Waals surface area contributed by atoms with Gasteiger partial charge in [0.15, 0.2) is 5.76 Å². The zero-order chi connectivity index (χ0) is 19.3. The molecule has 2 aromatic rings. The summed E-state index contributed by atoms with van der Waals surface area (Å²) in [7, 11) is -0.833. The van der Waals surface area contributed by atoms with Crippen molar-refractivity contribution in [2.24, 2.45) is 0 Å². The van der Waals surface area contributed by atoms with E-state index >= 15 is 0 Å². The Kier molecular flexibility index (Phi) is 6.11. The Hall–Kier alpha value is -2.72. The van der Waals surface area contributed by atoms with Crippen LogP contribution in [-0.4, -0.2) is 50.3 Å². The van der Waals surface area contributed by atoms with Crippen molar-refractivity contribution in [2.75, 3.05) is 20.6 Å². The van der Waals surface area contributed by atoms with E-state index in [9.17, 15) is 18.0 Å². The molecule has 0 fully saturated rings. The molecule has 0 saturated carbocycles. The minimum absolute atomic E-state index is 0.000269. The maximum atomic E-state index is 12.1. The molecule has 0 aliphatic rings. The summed E-state index contributed by atoms with van der Waals surface area (Å²) in [5.74, 6) is -0.459. The molecule has 9 nitrogen and oxygen atoms in total. The Labute approximate surface area is 151 Å². The van der Waals surface area contributed by atoms with Crippen LogP contribution in [0.25, 0.3) is 0 Å². The average molecular weight is 380 g/mol. The second-order valence-corrected chi connectivity index (χ2v) is 7.86. The Morgan fingerprint density at radius 2 is 1.92 bits per heavy atom. The zero-order valence-electron chi connectivity index (χ0n) is 14.6. The molecular weight excluding hydrogens is 360 g/mol. The third kappa shape index (κ3) is 4.90. The fourth-order valence-corrected chi connectivity index (χ4v) is 2.97. The predicted molar refractivity (Wildman–Crippen MR) is 92.7 cm³/mol. The molecule has 2 N–H and O–H groups in total. The first-order valence-electron chi connectivity index (χ1n) is 7.70. The van der Waals surface area contributed by atoms with Gasteiger partial charge in [-0.3, -0.25) is 9.59 Å². The summed E-state index contributed by atoms with van der Waals surface area (Å²) in [6, 6.07) is 7.30. The van der Waals surface area contributed by atoms with Gasteiger partial charge in [-0.1, -0.05) is 11.2 Å². The van der Waals surface area contributed by atoms with Gasteiger partial charge in [-0.25, -0.2) is 12.7 Å². The second-order valence-electron chi connectivity index (χ2n) is 5.71. The molecule has 0 aliphatic carbocycles. The van der Waals surface area contributed by atoms with E-state index < -0.39 is 21.8 Å². The minimum atomic E-state index is -3.64.